The molecule has 2 aromatic carbocycles. The molecular weight excluding hydrogens is 328 g/mol. The van der Waals surface area contributed by atoms with Crippen molar-refractivity contribution in [3.8, 4) is 5.75 Å². The minimum absolute atomic E-state index is 0.0311. The molecule has 0 amide bonds. The molecule has 4 heteroatoms. The molecule has 0 atom stereocenters. The molecule has 26 heavy (non-hydrogen) atoms. The van der Waals surface area contributed by atoms with E-state index in [9.17, 15) is 9.59 Å². The number of rotatable bonds is 8. The fourth-order valence-corrected chi connectivity index (χ4v) is 2.78. The van der Waals surface area contributed by atoms with E-state index in [1.165, 1.54) is 0 Å². The number of ether oxygens (including phenoxy) is 1. The Bertz CT molecular complexity index is 805. The molecule has 136 valence electrons. The van der Waals surface area contributed by atoms with Crippen molar-refractivity contribution in [1.29, 1.82) is 0 Å². The normalized spacial score (nSPS) is 11.2. The monoisotopic (exact) mass is 352 g/mol. The number of hydrogen-bond acceptors (Lipinski definition) is 3. The molecule has 0 aromatic heterocycles. The van der Waals surface area contributed by atoms with Crippen LogP contribution in [0.5, 0.6) is 5.75 Å². The summed E-state index contributed by atoms with van der Waals surface area (Å²) in [5, 5.41) is 8.89. The van der Waals surface area contributed by atoms with Gasteiger partial charge in [-0.25, -0.2) is 4.79 Å². The highest BCUT2D eigenvalue weighted by Crippen LogP contribution is 2.25. The first-order valence-electron chi connectivity index (χ1n) is 8.87. The van der Waals surface area contributed by atoms with Crippen LogP contribution < -0.4 is 4.74 Å². The summed E-state index contributed by atoms with van der Waals surface area (Å²) in [6.45, 7) is 4.02. The van der Waals surface area contributed by atoms with Crippen molar-refractivity contribution in [3.63, 3.8) is 0 Å². The Morgan fingerprint density at radius 1 is 0.962 bits per heavy atom. The maximum Gasteiger partial charge on any atom is 0.343 e. The van der Waals surface area contributed by atoms with Crippen molar-refractivity contribution in [1.82, 2.24) is 0 Å². The van der Waals surface area contributed by atoms with Crippen LogP contribution in [0.25, 0.3) is 5.57 Å². The van der Waals surface area contributed by atoms with E-state index in [1.807, 2.05) is 56.3 Å². The molecule has 0 fully saturated rings. The lowest BCUT2D eigenvalue weighted by atomic mass is 9.97. The van der Waals surface area contributed by atoms with Crippen LogP contribution in [-0.4, -0.2) is 17.0 Å². The van der Waals surface area contributed by atoms with Crippen molar-refractivity contribution >= 4 is 17.5 Å². The fourth-order valence-electron chi connectivity index (χ4n) is 2.78. The van der Waals surface area contributed by atoms with Crippen molar-refractivity contribution in [2.45, 2.75) is 39.5 Å². The van der Waals surface area contributed by atoms with Gasteiger partial charge >= 0.3 is 11.9 Å². The minimum Gasteiger partial charge on any atom is -0.481 e. The average Bonchev–Trinajstić information content (AvgIpc) is 2.65. The summed E-state index contributed by atoms with van der Waals surface area (Å²) in [6.07, 6.45) is 3.43. The molecule has 2 aromatic rings. The molecule has 0 bridgehead atoms. The molecule has 0 radical (unpaired) electrons. The van der Waals surface area contributed by atoms with E-state index in [-0.39, 0.29) is 12.8 Å². The van der Waals surface area contributed by atoms with Crippen molar-refractivity contribution in [3.05, 3.63) is 71.3 Å². The highest BCUT2D eigenvalue weighted by Gasteiger charge is 2.18. The third kappa shape index (κ3) is 5.06. The van der Waals surface area contributed by atoms with Crippen LogP contribution in [0.4, 0.5) is 0 Å². The maximum absolute atomic E-state index is 12.9. The molecule has 1 N–H and O–H groups in total. The highest BCUT2D eigenvalue weighted by molar-refractivity contribution is 6.17. The standard InChI is InChI=1S/C22H24O4/c1-3-16-10-5-7-12-18(16)19(13-9-15-21(23)24)22(25)26-20-14-8-6-11-17(20)4-2/h5-8,10-14H,3-4,9,15H2,1-2H3,(H,23,24). The Kier molecular flexibility index (Phi) is 7.15. The first-order valence-corrected chi connectivity index (χ1v) is 8.87. The number of carboxylic acid groups (broad SMARTS) is 1. The van der Waals surface area contributed by atoms with Crippen molar-refractivity contribution in [2.24, 2.45) is 0 Å². The third-order valence-electron chi connectivity index (χ3n) is 4.17. The van der Waals surface area contributed by atoms with Gasteiger partial charge in [0.25, 0.3) is 0 Å². The van der Waals surface area contributed by atoms with Gasteiger partial charge < -0.3 is 9.84 Å². The van der Waals surface area contributed by atoms with Crippen LogP contribution in [0, 0.1) is 0 Å². The molecule has 0 aliphatic rings. The highest BCUT2D eigenvalue weighted by atomic mass is 16.5. The van der Waals surface area contributed by atoms with Crippen molar-refractivity contribution < 1.29 is 19.4 Å². The van der Waals surface area contributed by atoms with Gasteiger partial charge in [0.05, 0.1) is 5.57 Å². The second kappa shape index (κ2) is 9.56. The molecule has 0 spiro atoms. The molecule has 0 heterocycles. The van der Waals surface area contributed by atoms with Crippen LogP contribution in [0.3, 0.4) is 0 Å². The molecule has 0 aliphatic heterocycles. The first-order chi connectivity index (χ1) is 12.6. The van der Waals surface area contributed by atoms with Gasteiger partial charge in [-0.3, -0.25) is 4.79 Å². The predicted octanol–water partition coefficient (Wildman–Crippen LogP) is 4.67. The molecular formula is C22H24O4. The Labute approximate surface area is 154 Å². The first kappa shape index (κ1) is 19.4. The molecule has 4 nitrogen and oxygen atoms in total. The summed E-state index contributed by atoms with van der Waals surface area (Å²) in [7, 11) is 0. The van der Waals surface area contributed by atoms with Crippen molar-refractivity contribution in [2.75, 3.05) is 0 Å². The van der Waals surface area contributed by atoms with Gasteiger partial charge in [0.2, 0.25) is 0 Å². The summed E-state index contributed by atoms with van der Waals surface area (Å²) in [5.41, 5.74) is 3.18. The van der Waals surface area contributed by atoms with Crippen LogP contribution >= 0.6 is 0 Å². The third-order valence-corrected chi connectivity index (χ3v) is 4.17. The van der Waals surface area contributed by atoms with Crippen LogP contribution in [-0.2, 0) is 22.4 Å². The van der Waals surface area contributed by atoms with Gasteiger partial charge in [0.1, 0.15) is 5.75 Å². The fraction of sp³-hybridized carbons (Fsp3) is 0.273. The molecule has 0 unspecified atom stereocenters. The van der Waals surface area contributed by atoms with Gasteiger partial charge in [-0.15, -0.1) is 0 Å². The number of carbonyl (C=O) groups is 2. The van der Waals surface area contributed by atoms with E-state index in [2.05, 4.69) is 0 Å². The Balaban J connectivity index is 2.36. The number of aryl methyl sites for hydroxylation is 2. The summed E-state index contributed by atoms with van der Waals surface area (Å²) < 4.78 is 5.66. The summed E-state index contributed by atoms with van der Waals surface area (Å²) in [6, 6.07) is 15.1. The smallest absolute Gasteiger partial charge is 0.343 e. The lowest BCUT2D eigenvalue weighted by Gasteiger charge is -2.13. The number of carboxylic acids is 1. The summed E-state index contributed by atoms with van der Waals surface area (Å²) in [4.78, 5) is 23.7. The van der Waals surface area contributed by atoms with E-state index in [1.54, 1.807) is 12.1 Å². The van der Waals surface area contributed by atoms with Gasteiger partial charge in [-0.1, -0.05) is 62.4 Å². The second-order valence-electron chi connectivity index (χ2n) is 5.91. The SMILES string of the molecule is CCc1ccccc1OC(=O)C(=CCCC(=O)O)c1ccccc1CC. The largest absolute Gasteiger partial charge is 0.481 e. The number of benzene rings is 2. The van der Waals surface area contributed by atoms with Gasteiger partial charge in [-0.2, -0.15) is 0 Å². The average molecular weight is 352 g/mol. The zero-order valence-electron chi connectivity index (χ0n) is 15.2. The van der Waals surface area contributed by atoms with E-state index in [0.717, 1.165) is 29.5 Å². The molecule has 2 rings (SSSR count). The lowest BCUT2D eigenvalue weighted by molar-refractivity contribution is -0.137. The topological polar surface area (TPSA) is 63.6 Å². The maximum atomic E-state index is 12.9. The molecule has 0 aliphatic carbocycles. The number of aliphatic carboxylic acids is 1. The minimum atomic E-state index is -0.894. The van der Waals surface area contributed by atoms with E-state index < -0.39 is 11.9 Å². The van der Waals surface area contributed by atoms with E-state index in [0.29, 0.717) is 11.3 Å². The van der Waals surface area contributed by atoms with Crippen LogP contribution in [0.1, 0.15) is 43.4 Å². The van der Waals surface area contributed by atoms with Gasteiger partial charge in [0, 0.05) is 6.42 Å². The quantitative estimate of drug-likeness (QED) is 0.426. The number of hydrogen-bond donors (Lipinski definition) is 1. The molecule has 0 saturated heterocycles. The zero-order chi connectivity index (χ0) is 18.9. The molecule has 0 saturated carbocycles. The van der Waals surface area contributed by atoms with Crippen LogP contribution in [0.2, 0.25) is 0 Å². The second-order valence-corrected chi connectivity index (χ2v) is 5.91. The Morgan fingerprint density at radius 2 is 1.58 bits per heavy atom. The lowest BCUT2D eigenvalue weighted by Crippen LogP contribution is -2.13. The number of esters is 1. The zero-order valence-corrected chi connectivity index (χ0v) is 15.2. The number of para-hydroxylation sites is 1. The number of carbonyl (C=O) groups excluding carboxylic acids is 1. The van der Waals surface area contributed by atoms with E-state index in [4.69, 9.17) is 9.84 Å². The Morgan fingerprint density at radius 3 is 2.23 bits per heavy atom. The van der Waals surface area contributed by atoms with E-state index >= 15 is 0 Å². The predicted molar refractivity (Wildman–Crippen MR) is 102 cm³/mol. The summed E-state index contributed by atoms with van der Waals surface area (Å²) in [5.74, 6) is -0.815. The van der Waals surface area contributed by atoms with Gasteiger partial charge in [0.15, 0.2) is 0 Å². The van der Waals surface area contributed by atoms with Gasteiger partial charge in [-0.05, 0) is 42.0 Å². The number of allylic oxidation sites excluding steroid dienone is 1. The summed E-state index contributed by atoms with van der Waals surface area (Å²) >= 11 is 0. The van der Waals surface area contributed by atoms with Crippen LogP contribution in [0.15, 0.2) is 54.6 Å². The Hall–Kier alpha value is -2.88.